The van der Waals surface area contributed by atoms with Crippen LogP contribution in [-0.2, 0) is 22.4 Å². The van der Waals surface area contributed by atoms with Gasteiger partial charge in [0.05, 0.1) is 5.57 Å². The Morgan fingerprint density at radius 2 is 1.53 bits per heavy atom. The van der Waals surface area contributed by atoms with Crippen molar-refractivity contribution in [3.63, 3.8) is 0 Å². The molecule has 0 saturated heterocycles. The lowest BCUT2D eigenvalue weighted by atomic mass is 9.98. The van der Waals surface area contributed by atoms with Crippen molar-refractivity contribution < 1.29 is 9.59 Å². The van der Waals surface area contributed by atoms with Gasteiger partial charge in [-0.1, -0.05) is 72.3 Å². The first-order valence-electron chi connectivity index (χ1n) is 10.9. The van der Waals surface area contributed by atoms with Gasteiger partial charge in [0.2, 0.25) is 0 Å². The van der Waals surface area contributed by atoms with Gasteiger partial charge in [-0.05, 0) is 54.2 Å². The molecule has 0 spiro atoms. The van der Waals surface area contributed by atoms with Crippen LogP contribution < -0.4 is 4.90 Å². The molecular formula is C27H23ClN2O2. The summed E-state index contributed by atoms with van der Waals surface area (Å²) < 4.78 is 0. The fraction of sp³-hybridized carbons (Fsp3) is 0.185. The molecule has 5 heteroatoms. The Hall–Kier alpha value is -3.37. The Balaban J connectivity index is 1.56. The first-order valence-corrected chi connectivity index (χ1v) is 11.3. The second kappa shape index (κ2) is 8.64. The van der Waals surface area contributed by atoms with Crippen LogP contribution in [0.1, 0.15) is 23.1 Å². The number of amides is 2. The fourth-order valence-corrected chi connectivity index (χ4v) is 4.67. The topological polar surface area (TPSA) is 40.6 Å². The summed E-state index contributed by atoms with van der Waals surface area (Å²) >= 11 is 6.09. The van der Waals surface area contributed by atoms with Crippen molar-refractivity contribution in [1.29, 1.82) is 0 Å². The summed E-state index contributed by atoms with van der Waals surface area (Å²) in [6.45, 7) is 1.05. The number of rotatable bonds is 5. The minimum Gasteiger partial charge on any atom is -0.336 e. The number of fused-ring (bicyclic) bond motifs is 1. The Morgan fingerprint density at radius 3 is 2.31 bits per heavy atom. The third-order valence-electron chi connectivity index (χ3n) is 6.12. The zero-order valence-corrected chi connectivity index (χ0v) is 18.4. The summed E-state index contributed by atoms with van der Waals surface area (Å²) in [5, 5.41) is 0.594. The van der Waals surface area contributed by atoms with E-state index in [2.05, 4.69) is 6.07 Å². The molecule has 0 radical (unpaired) electrons. The van der Waals surface area contributed by atoms with Gasteiger partial charge >= 0.3 is 0 Å². The van der Waals surface area contributed by atoms with E-state index in [0.717, 1.165) is 24.1 Å². The van der Waals surface area contributed by atoms with Crippen molar-refractivity contribution in [3.05, 3.63) is 106 Å². The lowest BCUT2D eigenvalue weighted by Gasteiger charge is -2.32. The highest BCUT2D eigenvalue weighted by Gasteiger charge is 2.42. The molecule has 3 aromatic carbocycles. The van der Waals surface area contributed by atoms with E-state index in [1.54, 1.807) is 12.1 Å². The first-order chi connectivity index (χ1) is 15.6. The van der Waals surface area contributed by atoms with Crippen LogP contribution in [0.15, 0.2) is 84.6 Å². The number of nitrogens with zero attached hydrogens (tertiary/aromatic N) is 2. The lowest BCUT2D eigenvalue weighted by Crippen LogP contribution is -2.38. The molecule has 0 saturated carbocycles. The van der Waals surface area contributed by atoms with E-state index < -0.39 is 0 Å². The molecule has 0 fully saturated rings. The first kappa shape index (κ1) is 20.5. The standard InChI is InChI=1S/C27H23ClN2O2/c28-22-14-12-21(13-15-22)24-25(29-17-6-10-20-9-4-5-11-23(20)29)27(32)30(26(24)31)18-16-19-7-2-1-3-8-19/h1-5,7-9,11-15H,6,10,16-18H2. The van der Waals surface area contributed by atoms with Gasteiger partial charge in [-0.2, -0.15) is 0 Å². The number of aryl methyl sites for hydroxylation is 1. The highest BCUT2D eigenvalue weighted by Crippen LogP contribution is 2.38. The third kappa shape index (κ3) is 3.71. The monoisotopic (exact) mass is 442 g/mol. The Bertz CT molecular complexity index is 1200. The smallest absolute Gasteiger partial charge is 0.278 e. The van der Waals surface area contributed by atoms with Crippen molar-refractivity contribution >= 4 is 34.7 Å². The zero-order chi connectivity index (χ0) is 22.1. The highest BCUT2D eigenvalue weighted by atomic mass is 35.5. The molecular weight excluding hydrogens is 420 g/mol. The molecule has 2 heterocycles. The molecule has 160 valence electrons. The molecule has 0 bridgehead atoms. The summed E-state index contributed by atoms with van der Waals surface area (Å²) in [6.07, 6.45) is 2.52. The van der Waals surface area contributed by atoms with Crippen LogP contribution >= 0.6 is 11.6 Å². The average molecular weight is 443 g/mol. The van der Waals surface area contributed by atoms with Crippen molar-refractivity contribution in [1.82, 2.24) is 4.90 Å². The van der Waals surface area contributed by atoms with Crippen LogP contribution in [0.25, 0.3) is 5.57 Å². The van der Waals surface area contributed by atoms with E-state index in [1.165, 1.54) is 10.5 Å². The van der Waals surface area contributed by atoms with E-state index >= 15 is 0 Å². The van der Waals surface area contributed by atoms with Gasteiger partial charge in [-0.3, -0.25) is 14.5 Å². The molecule has 5 rings (SSSR count). The number of halogens is 1. The molecule has 2 amide bonds. The highest BCUT2D eigenvalue weighted by molar-refractivity contribution is 6.37. The number of para-hydroxylation sites is 1. The third-order valence-corrected chi connectivity index (χ3v) is 6.38. The van der Waals surface area contributed by atoms with Crippen LogP contribution in [0.5, 0.6) is 0 Å². The summed E-state index contributed by atoms with van der Waals surface area (Å²) in [6, 6.07) is 25.2. The summed E-state index contributed by atoms with van der Waals surface area (Å²) in [5.74, 6) is -0.473. The predicted octanol–water partition coefficient (Wildman–Crippen LogP) is 5.12. The summed E-state index contributed by atoms with van der Waals surface area (Å²) in [5.41, 5.74) is 4.94. The largest absolute Gasteiger partial charge is 0.336 e. The van der Waals surface area contributed by atoms with Gasteiger partial charge in [0, 0.05) is 23.8 Å². The Labute approximate surface area is 192 Å². The van der Waals surface area contributed by atoms with Crippen LogP contribution in [-0.4, -0.2) is 29.8 Å². The molecule has 32 heavy (non-hydrogen) atoms. The van der Waals surface area contributed by atoms with Gasteiger partial charge in [0.25, 0.3) is 11.8 Å². The Morgan fingerprint density at radius 1 is 0.812 bits per heavy atom. The van der Waals surface area contributed by atoms with Crippen LogP contribution in [0.4, 0.5) is 5.69 Å². The van der Waals surface area contributed by atoms with Crippen LogP contribution in [0.3, 0.4) is 0 Å². The quantitative estimate of drug-likeness (QED) is 0.515. The SMILES string of the molecule is O=C1C(c2ccc(Cl)cc2)=C(N2CCCc3ccccc32)C(=O)N1CCc1ccccc1. The van der Waals surface area contributed by atoms with E-state index in [9.17, 15) is 9.59 Å². The summed E-state index contributed by atoms with van der Waals surface area (Å²) in [4.78, 5) is 30.7. The maximum atomic E-state index is 13.7. The van der Waals surface area contributed by atoms with E-state index in [1.807, 2.05) is 65.6 Å². The molecule has 3 aromatic rings. The molecule has 2 aliphatic rings. The van der Waals surface area contributed by atoms with Crippen LogP contribution in [0, 0.1) is 0 Å². The van der Waals surface area contributed by atoms with Crippen molar-refractivity contribution in [2.75, 3.05) is 18.0 Å². The van der Waals surface area contributed by atoms with Crippen LogP contribution in [0.2, 0.25) is 5.02 Å². The molecule has 0 unspecified atom stereocenters. The second-order valence-electron chi connectivity index (χ2n) is 8.11. The number of anilines is 1. The lowest BCUT2D eigenvalue weighted by molar-refractivity contribution is -0.136. The van der Waals surface area contributed by atoms with Gasteiger partial charge in [-0.25, -0.2) is 0 Å². The van der Waals surface area contributed by atoms with E-state index in [-0.39, 0.29) is 11.8 Å². The Kier molecular flexibility index (Phi) is 5.54. The normalized spacial score (nSPS) is 16.0. The predicted molar refractivity (Wildman–Crippen MR) is 127 cm³/mol. The molecule has 0 N–H and O–H groups in total. The van der Waals surface area contributed by atoms with Crippen molar-refractivity contribution in [3.8, 4) is 0 Å². The summed E-state index contributed by atoms with van der Waals surface area (Å²) in [7, 11) is 0. The number of imide groups is 1. The minimum absolute atomic E-state index is 0.229. The average Bonchev–Trinajstić information content (AvgIpc) is 3.08. The maximum Gasteiger partial charge on any atom is 0.278 e. The maximum absolute atomic E-state index is 13.7. The minimum atomic E-state index is -0.244. The van der Waals surface area contributed by atoms with E-state index in [0.29, 0.717) is 41.4 Å². The van der Waals surface area contributed by atoms with Gasteiger partial charge in [0.15, 0.2) is 0 Å². The number of carbonyl (C=O) groups is 2. The molecule has 0 atom stereocenters. The molecule has 0 aromatic heterocycles. The fourth-order valence-electron chi connectivity index (χ4n) is 4.54. The number of hydrogen-bond acceptors (Lipinski definition) is 3. The van der Waals surface area contributed by atoms with Gasteiger partial charge in [0.1, 0.15) is 5.70 Å². The van der Waals surface area contributed by atoms with Gasteiger partial charge < -0.3 is 4.90 Å². The number of carbonyl (C=O) groups excluding carboxylic acids is 2. The number of hydrogen-bond donors (Lipinski definition) is 0. The van der Waals surface area contributed by atoms with E-state index in [4.69, 9.17) is 11.6 Å². The van der Waals surface area contributed by atoms with Crippen molar-refractivity contribution in [2.45, 2.75) is 19.3 Å². The van der Waals surface area contributed by atoms with Crippen molar-refractivity contribution in [2.24, 2.45) is 0 Å². The zero-order valence-electron chi connectivity index (χ0n) is 17.6. The number of benzene rings is 3. The second-order valence-corrected chi connectivity index (χ2v) is 8.55. The molecule has 4 nitrogen and oxygen atoms in total. The molecule has 0 aliphatic carbocycles. The molecule has 2 aliphatic heterocycles. The van der Waals surface area contributed by atoms with Gasteiger partial charge in [-0.15, -0.1) is 0 Å².